The number of nitrogen functional groups attached to an aromatic ring is 1. The topological polar surface area (TPSA) is 46.3 Å². The Labute approximate surface area is 101 Å². The number of unbranched alkanes of at least 4 members (excludes halogenated alkanes) is 1. The van der Waals surface area contributed by atoms with Crippen LogP contribution in [0.25, 0.3) is 0 Å². The molecule has 0 bridgehead atoms. The highest BCUT2D eigenvalue weighted by atomic mass is 19.1. The maximum atomic E-state index is 13.0. The largest absolute Gasteiger partial charge is 0.398 e. The van der Waals surface area contributed by atoms with Crippen molar-refractivity contribution in [3.63, 3.8) is 0 Å². The van der Waals surface area contributed by atoms with Crippen molar-refractivity contribution in [2.75, 3.05) is 19.3 Å². The average Bonchev–Trinajstić information content (AvgIpc) is 2.31. The van der Waals surface area contributed by atoms with Crippen LogP contribution in [0, 0.1) is 5.82 Å². The lowest BCUT2D eigenvalue weighted by Crippen LogP contribution is -2.28. The Balaban J connectivity index is 2.74. The van der Waals surface area contributed by atoms with Crippen molar-refractivity contribution in [2.24, 2.45) is 0 Å². The van der Waals surface area contributed by atoms with Gasteiger partial charge in [0.1, 0.15) is 5.82 Å². The number of carbonyl (C=O) groups excluding carboxylic acids is 1. The first-order chi connectivity index (χ1) is 8.06. The van der Waals surface area contributed by atoms with Gasteiger partial charge in [-0.05, 0) is 31.0 Å². The number of carbonyl (C=O) groups is 1. The Kier molecular flexibility index (Phi) is 4.69. The lowest BCUT2D eigenvalue weighted by molar-refractivity contribution is 0.0794. The molecule has 0 aromatic heterocycles. The molecule has 1 amide bonds. The molecule has 0 radical (unpaired) electrons. The Hall–Kier alpha value is -1.84. The van der Waals surface area contributed by atoms with E-state index in [2.05, 4.69) is 6.58 Å². The fourth-order valence-corrected chi connectivity index (χ4v) is 1.49. The normalized spacial score (nSPS) is 10.0. The Morgan fingerprint density at radius 3 is 2.94 bits per heavy atom. The van der Waals surface area contributed by atoms with Gasteiger partial charge in [-0.25, -0.2) is 4.39 Å². The standard InChI is InChI=1S/C13H17FN2O/c1-3-4-5-8-16(2)13(17)11-9-10(14)6-7-12(11)15/h3,6-7,9H,1,4-5,8,15H2,2H3. The molecular weight excluding hydrogens is 219 g/mol. The van der Waals surface area contributed by atoms with Crippen LogP contribution in [0.4, 0.5) is 10.1 Å². The van der Waals surface area contributed by atoms with E-state index in [9.17, 15) is 9.18 Å². The van der Waals surface area contributed by atoms with Gasteiger partial charge in [0.25, 0.3) is 5.91 Å². The number of benzene rings is 1. The Morgan fingerprint density at radius 1 is 1.59 bits per heavy atom. The minimum atomic E-state index is -0.456. The molecule has 3 nitrogen and oxygen atoms in total. The molecule has 4 heteroatoms. The Morgan fingerprint density at radius 2 is 2.29 bits per heavy atom. The smallest absolute Gasteiger partial charge is 0.255 e. The first-order valence-corrected chi connectivity index (χ1v) is 5.47. The van der Waals surface area contributed by atoms with Crippen LogP contribution in [0.1, 0.15) is 23.2 Å². The lowest BCUT2D eigenvalue weighted by Gasteiger charge is -2.17. The molecule has 0 saturated heterocycles. The predicted octanol–water partition coefficient (Wildman–Crippen LogP) is 2.45. The third kappa shape index (κ3) is 3.59. The van der Waals surface area contributed by atoms with Gasteiger partial charge < -0.3 is 10.6 Å². The summed E-state index contributed by atoms with van der Waals surface area (Å²) in [4.78, 5) is 13.5. The van der Waals surface area contributed by atoms with E-state index in [-0.39, 0.29) is 11.5 Å². The van der Waals surface area contributed by atoms with E-state index in [1.807, 2.05) is 0 Å². The second kappa shape index (κ2) is 6.03. The minimum absolute atomic E-state index is 0.214. The van der Waals surface area contributed by atoms with E-state index in [0.29, 0.717) is 12.2 Å². The quantitative estimate of drug-likeness (QED) is 0.485. The van der Waals surface area contributed by atoms with Gasteiger partial charge in [0, 0.05) is 19.3 Å². The maximum absolute atomic E-state index is 13.0. The number of rotatable bonds is 5. The zero-order valence-electron chi connectivity index (χ0n) is 9.95. The second-order valence-electron chi connectivity index (χ2n) is 3.89. The monoisotopic (exact) mass is 236 g/mol. The van der Waals surface area contributed by atoms with E-state index in [1.54, 1.807) is 13.1 Å². The van der Waals surface area contributed by atoms with E-state index in [4.69, 9.17) is 5.73 Å². The van der Waals surface area contributed by atoms with E-state index in [0.717, 1.165) is 12.8 Å². The molecule has 0 unspecified atom stereocenters. The molecule has 0 saturated carbocycles. The Bertz CT molecular complexity index is 418. The zero-order valence-corrected chi connectivity index (χ0v) is 9.95. The van der Waals surface area contributed by atoms with Gasteiger partial charge in [0.05, 0.1) is 5.56 Å². The van der Waals surface area contributed by atoms with Crippen molar-refractivity contribution in [3.05, 3.63) is 42.2 Å². The van der Waals surface area contributed by atoms with Crippen LogP contribution < -0.4 is 5.73 Å². The predicted molar refractivity (Wildman–Crippen MR) is 67.2 cm³/mol. The van der Waals surface area contributed by atoms with Gasteiger partial charge in [-0.3, -0.25) is 4.79 Å². The van der Waals surface area contributed by atoms with Gasteiger partial charge in [0.2, 0.25) is 0 Å². The first kappa shape index (κ1) is 13.2. The summed E-state index contributed by atoms with van der Waals surface area (Å²) in [5.41, 5.74) is 6.16. The second-order valence-corrected chi connectivity index (χ2v) is 3.89. The summed E-state index contributed by atoms with van der Waals surface area (Å²) in [6, 6.07) is 3.81. The van der Waals surface area contributed by atoms with Crippen molar-refractivity contribution in [1.82, 2.24) is 4.90 Å². The average molecular weight is 236 g/mol. The molecule has 0 spiro atoms. The number of hydrogen-bond donors (Lipinski definition) is 1. The van der Waals surface area contributed by atoms with Crippen molar-refractivity contribution in [2.45, 2.75) is 12.8 Å². The summed E-state index contributed by atoms with van der Waals surface area (Å²) >= 11 is 0. The van der Waals surface area contributed by atoms with E-state index in [1.165, 1.54) is 23.1 Å². The number of nitrogens with two attached hydrogens (primary N) is 1. The third-order valence-corrected chi connectivity index (χ3v) is 2.49. The van der Waals surface area contributed by atoms with Crippen LogP contribution in [0.5, 0.6) is 0 Å². The highest BCUT2D eigenvalue weighted by Gasteiger charge is 2.14. The van der Waals surface area contributed by atoms with Crippen LogP contribution in [-0.2, 0) is 0 Å². The number of allylic oxidation sites excluding steroid dienone is 1. The summed E-state index contributed by atoms with van der Waals surface area (Å²) in [7, 11) is 1.68. The highest BCUT2D eigenvalue weighted by Crippen LogP contribution is 2.15. The van der Waals surface area contributed by atoms with Crippen molar-refractivity contribution >= 4 is 11.6 Å². The van der Waals surface area contributed by atoms with Crippen molar-refractivity contribution in [3.8, 4) is 0 Å². The van der Waals surface area contributed by atoms with E-state index < -0.39 is 5.82 Å². The van der Waals surface area contributed by atoms with Crippen LogP contribution in [0.3, 0.4) is 0 Å². The fraction of sp³-hybridized carbons (Fsp3) is 0.308. The number of nitrogens with zero attached hydrogens (tertiary/aromatic N) is 1. The van der Waals surface area contributed by atoms with E-state index >= 15 is 0 Å². The summed E-state index contributed by atoms with van der Waals surface area (Å²) < 4.78 is 13.0. The number of anilines is 1. The number of hydrogen-bond acceptors (Lipinski definition) is 2. The molecule has 0 atom stereocenters. The van der Waals surface area contributed by atoms with Gasteiger partial charge >= 0.3 is 0 Å². The van der Waals surface area contributed by atoms with Gasteiger partial charge in [-0.1, -0.05) is 6.08 Å². The van der Waals surface area contributed by atoms with Gasteiger partial charge in [-0.15, -0.1) is 6.58 Å². The first-order valence-electron chi connectivity index (χ1n) is 5.47. The minimum Gasteiger partial charge on any atom is -0.398 e. The number of amides is 1. The van der Waals surface area contributed by atoms with Gasteiger partial charge in [0.15, 0.2) is 0 Å². The van der Waals surface area contributed by atoms with Crippen molar-refractivity contribution in [1.29, 1.82) is 0 Å². The molecule has 0 aliphatic rings. The summed E-state index contributed by atoms with van der Waals surface area (Å²) in [6.07, 6.45) is 3.48. The molecule has 0 fully saturated rings. The molecular formula is C13H17FN2O. The molecule has 0 heterocycles. The fourth-order valence-electron chi connectivity index (χ4n) is 1.49. The molecule has 2 N–H and O–H groups in total. The molecule has 0 aliphatic heterocycles. The SMILES string of the molecule is C=CCCCN(C)C(=O)c1cc(F)ccc1N. The number of halogens is 1. The van der Waals surface area contributed by atoms with Crippen molar-refractivity contribution < 1.29 is 9.18 Å². The van der Waals surface area contributed by atoms with Gasteiger partial charge in [-0.2, -0.15) is 0 Å². The summed E-state index contributed by atoms with van der Waals surface area (Å²) in [6.45, 7) is 4.21. The summed E-state index contributed by atoms with van der Waals surface area (Å²) in [5, 5.41) is 0. The maximum Gasteiger partial charge on any atom is 0.255 e. The van der Waals surface area contributed by atoms with Crippen LogP contribution in [-0.4, -0.2) is 24.4 Å². The lowest BCUT2D eigenvalue weighted by atomic mass is 10.1. The zero-order chi connectivity index (χ0) is 12.8. The molecule has 92 valence electrons. The van der Waals surface area contributed by atoms with Crippen LogP contribution in [0.2, 0.25) is 0 Å². The third-order valence-electron chi connectivity index (χ3n) is 2.49. The molecule has 1 aromatic rings. The molecule has 1 aromatic carbocycles. The highest BCUT2D eigenvalue weighted by molar-refractivity contribution is 5.98. The molecule has 1 rings (SSSR count). The van der Waals surface area contributed by atoms with Crippen LogP contribution in [0.15, 0.2) is 30.9 Å². The van der Waals surface area contributed by atoms with Crippen LogP contribution >= 0.6 is 0 Å². The summed E-state index contributed by atoms with van der Waals surface area (Å²) in [5.74, 6) is -0.715. The molecule has 17 heavy (non-hydrogen) atoms. The molecule has 0 aliphatic carbocycles.